The zero-order valence-electron chi connectivity index (χ0n) is 10.0. The molecule has 2 aromatic carbocycles. The van der Waals surface area contributed by atoms with E-state index >= 15 is 0 Å². The molecule has 0 spiro atoms. The van der Waals surface area contributed by atoms with Crippen molar-refractivity contribution in [2.24, 2.45) is 5.14 Å². The molecule has 96 valence electrons. The van der Waals surface area contributed by atoms with Crippen LogP contribution in [0.15, 0.2) is 39.7 Å². The monoisotopic (exact) mass is 328 g/mol. The fraction of sp³-hybridized carbons (Fsp3) is 0.167. The second-order valence-electron chi connectivity index (χ2n) is 4.21. The first-order valence-electron chi connectivity index (χ1n) is 5.23. The predicted molar refractivity (Wildman–Crippen MR) is 77.3 cm³/mol. The predicted octanol–water partition coefficient (Wildman–Crippen LogP) is 2.32. The van der Waals surface area contributed by atoms with E-state index in [4.69, 9.17) is 5.14 Å². The molecule has 0 saturated carbocycles. The number of hydrogen-bond acceptors (Lipinski definition) is 3. The van der Waals surface area contributed by atoms with Crippen molar-refractivity contribution >= 4 is 42.4 Å². The Balaban J connectivity index is 2.83. The van der Waals surface area contributed by atoms with Gasteiger partial charge in [-0.3, -0.25) is 0 Å². The van der Waals surface area contributed by atoms with Crippen molar-refractivity contribution in [2.75, 3.05) is 19.0 Å². The lowest BCUT2D eigenvalue weighted by Gasteiger charge is -2.16. The van der Waals surface area contributed by atoms with Crippen molar-refractivity contribution in [3.05, 3.63) is 34.8 Å². The van der Waals surface area contributed by atoms with Crippen LogP contribution in [0.4, 0.5) is 5.69 Å². The van der Waals surface area contributed by atoms with Crippen LogP contribution >= 0.6 is 15.9 Å². The number of benzene rings is 2. The van der Waals surface area contributed by atoms with Gasteiger partial charge in [0.05, 0.1) is 4.90 Å². The van der Waals surface area contributed by atoms with E-state index in [2.05, 4.69) is 15.9 Å². The first-order chi connectivity index (χ1) is 8.30. The molecule has 0 radical (unpaired) electrons. The lowest BCUT2D eigenvalue weighted by atomic mass is 10.1. The summed E-state index contributed by atoms with van der Waals surface area (Å²) in [5.74, 6) is 0. The quantitative estimate of drug-likeness (QED) is 0.920. The zero-order valence-corrected chi connectivity index (χ0v) is 12.4. The molecule has 0 fully saturated rings. The maximum Gasteiger partial charge on any atom is 0.238 e. The molecule has 2 N–H and O–H groups in total. The van der Waals surface area contributed by atoms with Gasteiger partial charge in [-0.05, 0) is 29.7 Å². The number of nitrogens with zero attached hydrogens (tertiary/aromatic N) is 1. The van der Waals surface area contributed by atoms with Crippen LogP contribution < -0.4 is 10.0 Å². The van der Waals surface area contributed by atoms with Gasteiger partial charge in [-0.15, -0.1) is 0 Å². The smallest absolute Gasteiger partial charge is 0.238 e. The molecule has 0 heterocycles. The zero-order chi connectivity index (χ0) is 13.5. The summed E-state index contributed by atoms with van der Waals surface area (Å²) >= 11 is 3.43. The first-order valence-corrected chi connectivity index (χ1v) is 7.57. The molecule has 0 atom stereocenters. The summed E-state index contributed by atoms with van der Waals surface area (Å²) in [5, 5.41) is 6.94. The van der Waals surface area contributed by atoms with E-state index < -0.39 is 10.0 Å². The number of primary sulfonamides is 1. The maximum absolute atomic E-state index is 11.4. The van der Waals surface area contributed by atoms with Crippen LogP contribution in [0.2, 0.25) is 0 Å². The topological polar surface area (TPSA) is 63.4 Å². The Bertz CT molecular complexity index is 711. The highest BCUT2D eigenvalue weighted by Gasteiger charge is 2.12. The second kappa shape index (κ2) is 4.53. The molecular weight excluding hydrogens is 316 g/mol. The van der Waals surface area contributed by atoms with Crippen LogP contribution in [-0.4, -0.2) is 22.5 Å². The van der Waals surface area contributed by atoms with Gasteiger partial charge in [0.25, 0.3) is 0 Å². The van der Waals surface area contributed by atoms with Gasteiger partial charge in [-0.2, -0.15) is 0 Å². The van der Waals surface area contributed by atoms with Gasteiger partial charge >= 0.3 is 0 Å². The molecule has 0 unspecified atom stereocenters. The molecule has 0 saturated heterocycles. The fourth-order valence-corrected chi connectivity index (χ4v) is 2.84. The fourth-order valence-electron chi connectivity index (χ4n) is 1.84. The summed E-state index contributed by atoms with van der Waals surface area (Å²) in [7, 11) is 0.203. The van der Waals surface area contributed by atoms with Crippen LogP contribution in [0.5, 0.6) is 0 Å². The lowest BCUT2D eigenvalue weighted by Crippen LogP contribution is -2.12. The molecule has 0 aliphatic rings. The Morgan fingerprint density at radius 2 is 1.78 bits per heavy atom. The number of hydrogen-bond donors (Lipinski definition) is 1. The van der Waals surface area contributed by atoms with E-state index in [1.165, 1.54) is 6.07 Å². The van der Waals surface area contributed by atoms with Gasteiger partial charge in [0.2, 0.25) is 10.0 Å². The van der Waals surface area contributed by atoms with Gasteiger partial charge in [0.1, 0.15) is 0 Å². The Morgan fingerprint density at radius 1 is 1.11 bits per heavy atom. The summed E-state index contributed by atoms with van der Waals surface area (Å²) in [4.78, 5) is 2.09. The summed E-state index contributed by atoms with van der Waals surface area (Å²) in [5.41, 5.74) is 1.02. The lowest BCUT2D eigenvalue weighted by molar-refractivity contribution is 0.598. The van der Waals surface area contributed by atoms with Gasteiger partial charge in [0.15, 0.2) is 0 Å². The third-order valence-electron chi connectivity index (χ3n) is 2.72. The third-order valence-corrected chi connectivity index (χ3v) is 4.32. The standard InChI is InChI=1S/C12H13BrN2O2S/c1-15(2)12-6-5-11(13)10-7-8(18(14,16)17)3-4-9(10)12/h3-7H,1-2H3,(H2,14,16,17). The molecule has 6 heteroatoms. The SMILES string of the molecule is CN(C)c1ccc(Br)c2cc(S(N)(=O)=O)ccc12. The minimum absolute atomic E-state index is 0.117. The van der Waals surface area contributed by atoms with Crippen LogP contribution in [0.25, 0.3) is 10.8 Å². The number of rotatable bonds is 2. The highest BCUT2D eigenvalue weighted by molar-refractivity contribution is 9.10. The van der Waals surface area contributed by atoms with E-state index in [0.29, 0.717) is 0 Å². The molecule has 0 bridgehead atoms. The van der Waals surface area contributed by atoms with Crippen LogP contribution in [0, 0.1) is 0 Å². The molecule has 18 heavy (non-hydrogen) atoms. The molecule has 4 nitrogen and oxygen atoms in total. The normalized spacial score (nSPS) is 11.8. The van der Waals surface area contributed by atoms with Crippen molar-refractivity contribution in [1.29, 1.82) is 0 Å². The van der Waals surface area contributed by atoms with Gasteiger partial charge in [0, 0.05) is 29.6 Å². The molecule has 0 aromatic heterocycles. The molecule has 2 rings (SSSR count). The third kappa shape index (κ3) is 2.36. The van der Waals surface area contributed by atoms with Gasteiger partial charge in [-0.25, -0.2) is 13.6 Å². The number of anilines is 1. The van der Waals surface area contributed by atoms with E-state index in [-0.39, 0.29) is 4.90 Å². The summed E-state index contributed by atoms with van der Waals surface area (Å²) in [6.07, 6.45) is 0. The first kappa shape index (κ1) is 13.3. The van der Waals surface area contributed by atoms with E-state index in [0.717, 1.165) is 20.9 Å². The molecule has 0 aliphatic carbocycles. The van der Waals surface area contributed by atoms with Crippen LogP contribution in [0.3, 0.4) is 0 Å². The van der Waals surface area contributed by atoms with E-state index in [1.807, 2.05) is 31.1 Å². The minimum Gasteiger partial charge on any atom is -0.377 e. The number of fused-ring (bicyclic) bond motifs is 1. The van der Waals surface area contributed by atoms with Crippen molar-refractivity contribution in [1.82, 2.24) is 0 Å². The van der Waals surface area contributed by atoms with Gasteiger partial charge in [-0.1, -0.05) is 22.0 Å². The summed E-state index contributed by atoms with van der Waals surface area (Å²) in [6.45, 7) is 0. The maximum atomic E-state index is 11.4. The van der Waals surface area contributed by atoms with Crippen molar-refractivity contribution in [3.63, 3.8) is 0 Å². The number of sulfonamides is 1. The Morgan fingerprint density at radius 3 is 2.33 bits per heavy atom. The second-order valence-corrected chi connectivity index (χ2v) is 6.63. The van der Waals surface area contributed by atoms with Crippen molar-refractivity contribution in [2.45, 2.75) is 4.90 Å². The van der Waals surface area contributed by atoms with Crippen molar-refractivity contribution in [3.8, 4) is 0 Å². The Kier molecular flexibility index (Phi) is 3.35. The summed E-state index contributed by atoms with van der Waals surface area (Å²) < 4.78 is 23.6. The summed E-state index contributed by atoms with van der Waals surface area (Å²) in [6, 6.07) is 8.75. The van der Waals surface area contributed by atoms with Crippen LogP contribution in [0.1, 0.15) is 0 Å². The Hall–Kier alpha value is -1.11. The molecule has 2 aromatic rings. The van der Waals surface area contributed by atoms with Crippen LogP contribution in [-0.2, 0) is 10.0 Å². The molecular formula is C12H13BrN2O2S. The van der Waals surface area contributed by atoms with Gasteiger partial charge < -0.3 is 4.90 Å². The number of nitrogens with two attached hydrogens (primary N) is 1. The molecule has 0 aliphatic heterocycles. The minimum atomic E-state index is -3.68. The van der Waals surface area contributed by atoms with Crippen molar-refractivity contribution < 1.29 is 8.42 Å². The largest absolute Gasteiger partial charge is 0.377 e. The average Bonchev–Trinajstić information content (AvgIpc) is 2.27. The highest BCUT2D eigenvalue weighted by Crippen LogP contribution is 2.32. The average molecular weight is 329 g/mol. The molecule has 0 amide bonds. The van der Waals surface area contributed by atoms with E-state index in [9.17, 15) is 8.42 Å². The highest BCUT2D eigenvalue weighted by atomic mass is 79.9. The van der Waals surface area contributed by atoms with E-state index in [1.54, 1.807) is 12.1 Å². The number of halogens is 1. The Labute approximate surface area is 115 Å².